The quantitative estimate of drug-likeness (QED) is 0.365. The first-order chi connectivity index (χ1) is 15.0. The van der Waals surface area contributed by atoms with Crippen LogP contribution in [0.25, 0.3) is 6.08 Å². The van der Waals surface area contributed by atoms with E-state index >= 15 is 0 Å². The monoisotopic (exact) mass is 417 g/mol. The average molecular weight is 417 g/mol. The molecule has 158 valence electrons. The topological polar surface area (TPSA) is 88.8 Å². The summed E-state index contributed by atoms with van der Waals surface area (Å²) in [5.74, 6) is 0.799. The van der Waals surface area contributed by atoms with Crippen molar-refractivity contribution in [2.24, 2.45) is 0 Å². The molecule has 0 atom stereocenters. The van der Waals surface area contributed by atoms with E-state index in [-0.39, 0.29) is 6.61 Å². The lowest BCUT2D eigenvalue weighted by Crippen LogP contribution is -2.11. The van der Waals surface area contributed by atoms with Crippen molar-refractivity contribution in [3.63, 3.8) is 0 Å². The van der Waals surface area contributed by atoms with Crippen LogP contribution in [-0.2, 0) is 11.4 Å². The Morgan fingerprint density at radius 3 is 2.35 bits per heavy atom. The summed E-state index contributed by atoms with van der Waals surface area (Å²) in [6, 6.07) is 22.2. The van der Waals surface area contributed by atoms with Crippen molar-refractivity contribution in [2.75, 3.05) is 13.7 Å². The summed E-state index contributed by atoms with van der Waals surface area (Å²) in [4.78, 5) is 10.7. The molecule has 31 heavy (non-hydrogen) atoms. The molecule has 0 aliphatic carbocycles. The van der Waals surface area contributed by atoms with Crippen molar-refractivity contribution < 1.29 is 24.1 Å². The first-order valence-electron chi connectivity index (χ1n) is 9.61. The highest BCUT2D eigenvalue weighted by Crippen LogP contribution is 2.26. The maximum absolute atomic E-state index is 10.7. The van der Waals surface area contributed by atoms with Gasteiger partial charge in [-0.1, -0.05) is 42.5 Å². The maximum atomic E-state index is 10.7. The number of methoxy groups -OCH3 is 1. The van der Waals surface area contributed by atoms with Crippen LogP contribution in [-0.4, -0.2) is 30.5 Å². The number of hydrogen-bond donors (Lipinski definition) is 2. The van der Waals surface area contributed by atoms with E-state index in [1.54, 1.807) is 18.2 Å². The predicted molar refractivity (Wildman–Crippen MR) is 119 cm³/mol. The Morgan fingerprint density at radius 2 is 1.68 bits per heavy atom. The molecule has 0 amide bonds. The molecule has 3 aromatic rings. The van der Waals surface area contributed by atoms with Crippen molar-refractivity contribution in [1.29, 1.82) is 5.41 Å². The van der Waals surface area contributed by atoms with Gasteiger partial charge in [0.15, 0.2) is 0 Å². The Balaban J connectivity index is 1.54. The Bertz CT molecular complexity index is 1060. The van der Waals surface area contributed by atoms with E-state index < -0.39 is 5.97 Å². The molecule has 0 fully saturated rings. The van der Waals surface area contributed by atoms with Crippen LogP contribution in [0.2, 0.25) is 0 Å². The van der Waals surface area contributed by atoms with Crippen LogP contribution in [0.15, 0.2) is 78.9 Å². The van der Waals surface area contributed by atoms with Crippen molar-refractivity contribution in [1.82, 2.24) is 0 Å². The number of hydrogen-bond acceptors (Lipinski definition) is 5. The van der Waals surface area contributed by atoms with E-state index in [1.165, 1.54) is 13.2 Å². The molecule has 0 saturated carbocycles. The lowest BCUT2D eigenvalue weighted by molar-refractivity contribution is -0.131. The predicted octanol–water partition coefficient (Wildman–Crippen LogP) is 4.82. The molecule has 0 unspecified atom stereocenters. The molecular weight excluding hydrogens is 394 g/mol. The smallest absolute Gasteiger partial charge is 0.328 e. The third-order valence-corrected chi connectivity index (χ3v) is 4.44. The van der Waals surface area contributed by atoms with E-state index in [2.05, 4.69) is 0 Å². The lowest BCUT2D eigenvalue weighted by atomic mass is 10.1. The fourth-order valence-corrected chi connectivity index (χ4v) is 2.81. The zero-order valence-corrected chi connectivity index (χ0v) is 17.1. The van der Waals surface area contributed by atoms with E-state index in [0.717, 1.165) is 17.2 Å². The molecule has 0 aromatic heterocycles. The molecule has 0 heterocycles. The van der Waals surface area contributed by atoms with Gasteiger partial charge in [-0.05, 0) is 41.5 Å². The fourth-order valence-electron chi connectivity index (χ4n) is 2.81. The highest BCUT2D eigenvalue weighted by Gasteiger charge is 2.05. The summed E-state index contributed by atoms with van der Waals surface area (Å²) >= 11 is 0. The molecule has 0 aliphatic rings. The van der Waals surface area contributed by atoms with Gasteiger partial charge in [-0.3, -0.25) is 0 Å². The standard InChI is InChI=1S/C25H23NO5/c1-29-24-15-22(13-9-20(24)10-14-25(27)28)30-16-18-7-11-21(12-8-18)31-17-23(26)19-5-3-2-4-6-19/h2-15,26H,16-17H2,1H3,(H,27,28)/b14-10+,26-23?. The number of aliphatic carboxylic acids is 1. The van der Waals surface area contributed by atoms with Crippen LogP contribution in [0.4, 0.5) is 0 Å². The van der Waals surface area contributed by atoms with Crippen LogP contribution < -0.4 is 14.2 Å². The zero-order chi connectivity index (χ0) is 22.1. The van der Waals surface area contributed by atoms with Crippen LogP contribution >= 0.6 is 0 Å². The van der Waals surface area contributed by atoms with Gasteiger partial charge < -0.3 is 24.7 Å². The minimum absolute atomic E-state index is 0.197. The fraction of sp³-hybridized carbons (Fsp3) is 0.120. The number of carbonyl (C=O) groups is 1. The average Bonchev–Trinajstić information content (AvgIpc) is 2.81. The van der Waals surface area contributed by atoms with Crippen molar-refractivity contribution in [3.8, 4) is 17.2 Å². The largest absolute Gasteiger partial charge is 0.496 e. The second-order valence-corrected chi connectivity index (χ2v) is 6.64. The molecule has 0 bridgehead atoms. The molecular formula is C25H23NO5. The molecule has 3 aromatic carbocycles. The van der Waals surface area contributed by atoms with Crippen LogP contribution in [0.1, 0.15) is 16.7 Å². The normalized spacial score (nSPS) is 10.6. The third-order valence-electron chi connectivity index (χ3n) is 4.44. The molecule has 2 N–H and O–H groups in total. The van der Waals surface area contributed by atoms with Gasteiger partial charge >= 0.3 is 5.97 Å². The van der Waals surface area contributed by atoms with E-state index in [1.807, 2.05) is 54.6 Å². The molecule has 3 rings (SSSR count). The maximum Gasteiger partial charge on any atom is 0.328 e. The minimum atomic E-state index is -1.02. The van der Waals surface area contributed by atoms with E-state index in [0.29, 0.717) is 35.1 Å². The van der Waals surface area contributed by atoms with Crippen molar-refractivity contribution in [3.05, 3.63) is 95.6 Å². The van der Waals surface area contributed by atoms with Crippen molar-refractivity contribution >= 4 is 17.8 Å². The first kappa shape index (κ1) is 21.6. The Kier molecular flexibility index (Phi) is 7.43. The highest BCUT2D eigenvalue weighted by atomic mass is 16.5. The van der Waals surface area contributed by atoms with Gasteiger partial charge in [-0.2, -0.15) is 0 Å². The van der Waals surface area contributed by atoms with E-state index in [9.17, 15) is 4.79 Å². The number of benzene rings is 3. The second kappa shape index (κ2) is 10.6. The van der Waals surface area contributed by atoms with E-state index in [4.69, 9.17) is 24.7 Å². The summed E-state index contributed by atoms with van der Waals surface area (Å²) < 4.78 is 16.8. The zero-order valence-electron chi connectivity index (χ0n) is 17.1. The summed E-state index contributed by atoms with van der Waals surface area (Å²) in [6.45, 7) is 0.551. The summed E-state index contributed by atoms with van der Waals surface area (Å²) in [7, 11) is 1.52. The number of rotatable bonds is 10. The molecule has 6 nitrogen and oxygen atoms in total. The first-order valence-corrected chi connectivity index (χ1v) is 9.61. The number of ether oxygens (including phenoxy) is 3. The van der Waals surface area contributed by atoms with Gasteiger partial charge in [-0.15, -0.1) is 0 Å². The van der Waals surface area contributed by atoms with Gasteiger partial charge in [0.25, 0.3) is 0 Å². The van der Waals surface area contributed by atoms with Crippen molar-refractivity contribution in [2.45, 2.75) is 6.61 Å². The third kappa shape index (κ3) is 6.47. The number of nitrogens with one attached hydrogen (secondary N) is 1. The number of carboxylic acid groups (broad SMARTS) is 1. The Labute approximate surface area is 180 Å². The highest BCUT2D eigenvalue weighted by molar-refractivity contribution is 5.99. The molecule has 0 spiro atoms. The van der Waals surface area contributed by atoms with Gasteiger partial charge in [0, 0.05) is 17.7 Å². The number of carboxylic acids is 1. The Morgan fingerprint density at radius 1 is 0.968 bits per heavy atom. The van der Waals surface area contributed by atoms with Gasteiger partial charge in [0.1, 0.15) is 30.5 Å². The molecule has 6 heteroatoms. The van der Waals surface area contributed by atoms with Gasteiger partial charge in [-0.25, -0.2) is 4.79 Å². The summed E-state index contributed by atoms with van der Waals surface area (Å²) in [6.07, 6.45) is 2.53. The van der Waals surface area contributed by atoms with Crippen LogP contribution in [0.5, 0.6) is 17.2 Å². The SMILES string of the molecule is COc1cc(OCc2ccc(OCC(=N)c3ccccc3)cc2)ccc1/C=C/C(=O)O. The lowest BCUT2D eigenvalue weighted by Gasteiger charge is -2.11. The van der Waals surface area contributed by atoms with Crippen LogP contribution in [0, 0.1) is 5.41 Å². The van der Waals surface area contributed by atoms with Gasteiger partial charge in [0.2, 0.25) is 0 Å². The van der Waals surface area contributed by atoms with Gasteiger partial charge in [0.05, 0.1) is 12.8 Å². The molecule has 0 aliphatic heterocycles. The molecule has 0 saturated heterocycles. The Hall–Kier alpha value is -4.06. The van der Waals surface area contributed by atoms with Crippen LogP contribution in [0.3, 0.4) is 0 Å². The summed E-state index contributed by atoms with van der Waals surface area (Å²) in [5.41, 5.74) is 2.87. The summed E-state index contributed by atoms with van der Waals surface area (Å²) in [5, 5.41) is 16.9. The molecule has 0 radical (unpaired) electrons. The minimum Gasteiger partial charge on any atom is -0.496 e. The second-order valence-electron chi connectivity index (χ2n) is 6.64.